The number of halogens is 2. The fraction of sp³-hybridized carbons (Fsp3) is 0.478. The van der Waals surface area contributed by atoms with Crippen LogP contribution in [-0.4, -0.2) is 48.4 Å². The van der Waals surface area contributed by atoms with Crippen LogP contribution in [0.2, 0.25) is 5.02 Å². The maximum absolute atomic E-state index is 13.3. The monoisotopic (exact) mass is 460 g/mol. The van der Waals surface area contributed by atoms with E-state index in [0.717, 1.165) is 56.6 Å². The van der Waals surface area contributed by atoms with Crippen LogP contribution in [0.25, 0.3) is 0 Å². The number of carbonyl (C=O) groups is 1. The minimum absolute atomic E-state index is 0.0677. The fourth-order valence-corrected chi connectivity index (χ4v) is 5.91. The molecule has 164 valence electrons. The number of carbonyl (C=O) groups excluding carboxylic acids is 1. The van der Waals surface area contributed by atoms with Gasteiger partial charge in [0.25, 0.3) is 0 Å². The van der Waals surface area contributed by atoms with Crippen molar-refractivity contribution in [3.8, 4) is 6.07 Å². The van der Waals surface area contributed by atoms with Crippen molar-refractivity contribution >= 4 is 33.8 Å². The van der Waals surface area contributed by atoms with Gasteiger partial charge in [0.05, 0.1) is 17.1 Å². The highest BCUT2D eigenvalue weighted by molar-refractivity contribution is 7.16. The Bertz CT molecular complexity index is 1010. The van der Waals surface area contributed by atoms with Gasteiger partial charge in [0.1, 0.15) is 16.9 Å². The lowest BCUT2D eigenvalue weighted by molar-refractivity contribution is -0.117. The highest BCUT2D eigenvalue weighted by atomic mass is 35.5. The summed E-state index contributed by atoms with van der Waals surface area (Å²) in [7, 11) is 0. The van der Waals surface area contributed by atoms with Crippen molar-refractivity contribution < 1.29 is 9.18 Å². The van der Waals surface area contributed by atoms with E-state index in [1.54, 1.807) is 23.5 Å². The number of fused-ring (bicyclic) bond motifs is 1. The van der Waals surface area contributed by atoms with Gasteiger partial charge in [0.15, 0.2) is 0 Å². The van der Waals surface area contributed by atoms with Crippen molar-refractivity contribution in [2.24, 2.45) is 5.92 Å². The minimum atomic E-state index is -0.401. The average molecular weight is 461 g/mol. The molecule has 1 aliphatic carbocycles. The number of nitrogens with one attached hydrogen (secondary N) is 1. The van der Waals surface area contributed by atoms with E-state index in [1.807, 2.05) is 0 Å². The van der Waals surface area contributed by atoms with Crippen molar-refractivity contribution in [2.75, 3.05) is 38.0 Å². The first-order chi connectivity index (χ1) is 14.9. The molecule has 31 heavy (non-hydrogen) atoms. The summed E-state index contributed by atoms with van der Waals surface area (Å²) in [5.74, 6) is 0.160. The molecule has 1 N–H and O–H groups in total. The minimum Gasteiger partial charge on any atom is -0.315 e. The number of nitriles is 1. The molecule has 1 saturated heterocycles. The number of rotatable bonds is 5. The Morgan fingerprint density at radius 1 is 1.32 bits per heavy atom. The number of hydrogen-bond donors (Lipinski definition) is 1. The number of anilines is 1. The van der Waals surface area contributed by atoms with Gasteiger partial charge < -0.3 is 5.32 Å². The third-order valence-corrected chi connectivity index (χ3v) is 7.56. The Hall–Kier alpha value is -1.98. The van der Waals surface area contributed by atoms with Crippen LogP contribution in [0, 0.1) is 23.1 Å². The van der Waals surface area contributed by atoms with Gasteiger partial charge in [-0.2, -0.15) is 5.26 Å². The molecule has 1 atom stereocenters. The fourth-order valence-electron chi connectivity index (χ4n) is 4.33. The first kappa shape index (κ1) is 22.2. The third-order valence-electron chi connectivity index (χ3n) is 6.10. The molecule has 0 saturated carbocycles. The highest BCUT2D eigenvalue weighted by Crippen LogP contribution is 2.39. The zero-order valence-corrected chi connectivity index (χ0v) is 19.2. The molecule has 4 rings (SSSR count). The lowest BCUT2D eigenvalue weighted by Crippen LogP contribution is -2.48. The summed E-state index contributed by atoms with van der Waals surface area (Å²) in [5.41, 5.74) is 2.77. The number of nitrogens with zero attached hydrogens (tertiary/aromatic N) is 3. The Morgan fingerprint density at radius 2 is 2.06 bits per heavy atom. The lowest BCUT2D eigenvalue weighted by atomic mass is 9.89. The van der Waals surface area contributed by atoms with Gasteiger partial charge in [-0.1, -0.05) is 24.6 Å². The Kier molecular flexibility index (Phi) is 6.92. The Labute approximate surface area is 191 Å². The predicted molar refractivity (Wildman–Crippen MR) is 122 cm³/mol. The Morgan fingerprint density at radius 3 is 2.77 bits per heavy atom. The number of hydrogen-bond acceptors (Lipinski definition) is 5. The van der Waals surface area contributed by atoms with Crippen LogP contribution in [0.3, 0.4) is 0 Å². The van der Waals surface area contributed by atoms with Gasteiger partial charge in [-0.3, -0.25) is 14.6 Å². The first-order valence-electron chi connectivity index (χ1n) is 10.7. The summed E-state index contributed by atoms with van der Waals surface area (Å²) >= 11 is 7.44. The maximum Gasteiger partial charge on any atom is 0.239 e. The van der Waals surface area contributed by atoms with Gasteiger partial charge in [-0.25, -0.2) is 4.39 Å². The van der Waals surface area contributed by atoms with Crippen molar-refractivity contribution in [1.82, 2.24) is 9.80 Å². The van der Waals surface area contributed by atoms with Gasteiger partial charge in [0.2, 0.25) is 5.91 Å². The molecular weight excluding hydrogens is 435 g/mol. The molecule has 2 aromatic rings. The molecule has 0 radical (unpaired) electrons. The predicted octanol–water partition coefficient (Wildman–Crippen LogP) is 4.29. The van der Waals surface area contributed by atoms with Crippen molar-refractivity contribution in [2.45, 2.75) is 32.7 Å². The summed E-state index contributed by atoms with van der Waals surface area (Å²) < 4.78 is 13.3. The summed E-state index contributed by atoms with van der Waals surface area (Å²) in [4.78, 5) is 18.3. The van der Waals surface area contributed by atoms with Crippen LogP contribution in [0.15, 0.2) is 18.2 Å². The number of thiophene rings is 1. The van der Waals surface area contributed by atoms with Crippen molar-refractivity contribution in [3.05, 3.63) is 50.6 Å². The van der Waals surface area contributed by atoms with E-state index < -0.39 is 5.82 Å². The third kappa shape index (κ3) is 5.27. The molecule has 1 aromatic heterocycles. The van der Waals surface area contributed by atoms with Crippen LogP contribution < -0.4 is 5.32 Å². The molecule has 1 aliphatic heterocycles. The summed E-state index contributed by atoms with van der Waals surface area (Å²) in [6, 6.07) is 7.14. The van der Waals surface area contributed by atoms with Crippen LogP contribution >= 0.6 is 22.9 Å². The van der Waals surface area contributed by atoms with E-state index in [1.165, 1.54) is 10.9 Å². The van der Waals surface area contributed by atoms with E-state index in [2.05, 4.69) is 28.1 Å². The standard InChI is InChI=1S/C23H26ClFN4OS/c1-15-2-4-17-18(12-26)23(31-21(17)10-15)27-22(30)14-29-8-6-28(7-9-29)13-16-3-5-20(25)19(24)11-16/h3,5,11,15H,2,4,6-10,13-14H2,1H3,(H,27,30). The molecular formula is C23H26ClFN4OS. The quantitative estimate of drug-likeness (QED) is 0.723. The second-order valence-corrected chi connectivity index (χ2v) is 10.0. The van der Waals surface area contributed by atoms with Gasteiger partial charge in [0, 0.05) is 37.6 Å². The number of piperazine rings is 1. The summed E-state index contributed by atoms with van der Waals surface area (Å²) in [6.45, 7) is 6.49. The molecule has 0 spiro atoms. The topological polar surface area (TPSA) is 59.4 Å². The molecule has 1 fully saturated rings. The SMILES string of the molecule is CC1CCc2c(sc(NC(=O)CN3CCN(Cc4ccc(F)c(Cl)c4)CC3)c2C#N)C1. The zero-order valence-electron chi connectivity index (χ0n) is 17.6. The summed E-state index contributed by atoms with van der Waals surface area (Å²) in [6.07, 6.45) is 3.01. The lowest BCUT2D eigenvalue weighted by Gasteiger charge is -2.34. The maximum atomic E-state index is 13.3. The summed E-state index contributed by atoms with van der Waals surface area (Å²) in [5, 5.41) is 13.5. The first-order valence-corrected chi connectivity index (χ1v) is 11.9. The van der Waals surface area contributed by atoms with E-state index in [9.17, 15) is 14.4 Å². The average Bonchev–Trinajstić information content (AvgIpc) is 3.07. The molecule has 2 aliphatic rings. The van der Waals surface area contributed by atoms with Crippen LogP contribution in [0.5, 0.6) is 0 Å². The van der Waals surface area contributed by atoms with Crippen molar-refractivity contribution in [3.63, 3.8) is 0 Å². The van der Waals surface area contributed by atoms with Gasteiger partial charge >= 0.3 is 0 Å². The van der Waals surface area contributed by atoms with E-state index in [-0.39, 0.29) is 10.9 Å². The molecule has 1 amide bonds. The largest absolute Gasteiger partial charge is 0.315 e. The molecule has 2 heterocycles. The Balaban J connectivity index is 1.29. The highest BCUT2D eigenvalue weighted by Gasteiger charge is 2.25. The van der Waals surface area contributed by atoms with E-state index in [0.29, 0.717) is 29.6 Å². The van der Waals surface area contributed by atoms with Crippen LogP contribution in [-0.2, 0) is 24.2 Å². The van der Waals surface area contributed by atoms with E-state index >= 15 is 0 Å². The van der Waals surface area contributed by atoms with Gasteiger partial charge in [-0.15, -0.1) is 11.3 Å². The molecule has 8 heteroatoms. The van der Waals surface area contributed by atoms with Crippen LogP contribution in [0.4, 0.5) is 9.39 Å². The number of amides is 1. The van der Waals surface area contributed by atoms with E-state index in [4.69, 9.17) is 11.6 Å². The van der Waals surface area contributed by atoms with Gasteiger partial charge in [-0.05, 0) is 48.4 Å². The molecule has 5 nitrogen and oxygen atoms in total. The second kappa shape index (κ2) is 9.66. The molecule has 1 aromatic carbocycles. The molecule has 0 bridgehead atoms. The smallest absolute Gasteiger partial charge is 0.239 e. The van der Waals surface area contributed by atoms with Crippen LogP contribution in [0.1, 0.15) is 34.9 Å². The van der Waals surface area contributed by atoms with Crippen molar-refractivity contribution in [1.29, 1.82) is 5.26 Å². The molecule has 1 unspecified atom stereocenters. The second-order valence-electron chi connectivity index (χ2n) is 8.52. The normalized spacial score (nSPS) is 19.6. The number of benzene rings is 1. The zero-order chi connectivity index (χ0) is 22.0.